The van der Waals surface area contributed by atoms with Crippen LogP contribution in [0.1, 0.15) is 273 Å². The Bertz CT molecular complexity index is 2490. The van der Waals surface area contributed by atoms with Crippen LogP contribution in [0.4, 0.5) is 0 Å². The van der Waals surface area contributed by atoms with Gasteiger partial charge in [-0.3, -0.25) is 14.4 Å². The number of aliphatic hydroxyl groups excluding tert-OH is 1. The van der Waals surface area contributed by atoms with Crippen LogP contribution >= 0.6 is 0 Å². The summed E-state index contributed by atoms with van der Waals surface area (Å²) in [6.07, 6.45) is 48.8. The number of allylic oxidation sites excluding steroid dienone is 10. The number of nitrogens with zero attached hydrogens (tertiary/aromatic N) is 3. The Balaban J connectivity index is 1.09. The SMILES string of the molecule is CCCCCCCCCCCCCCCCCCNC(=O)CC[C@@H]1C2=C3C4=NC(=C(C)C4=C(O)[C@@H]3C(=O)O)C=C3N=C(C=C4N=C(C=C(N2)[C@H]1C)C(C)=C4C(=O)NCCCCCCCCCCCCCCCCCC)C(C)=C3CC. The fraction of sp³-hybridized carbons (Fsp3) is 0.681. The third-order valence-corrected chi connectivity index (χ3v) is 18.0. The number of aliphatic carboxylic acids is 1. The predicted octanol–water partition coefficient (Wildman–Crippen LogP) is 17.5. The second-order valence-electron chi connectivity index (χ2n) is 24.2. The van der Waals surface area contributed by atoms with Gasteiger partial charge >= 0.3 is 5.97 Å². The molecule has 5 aliphatic heterocycles. The Hall–Kier alpha value is -5.06. The van der Waals surface area contributed by atoms with E-state index in [1.54, 1.807) is 0 Å². The largest absolute Gasteiger partial charge is 0.510 e. The molecule has 1 aliphatic carbocycles. The maximum atomic E-state index is 14.4. The number of rotatable bonds is 40. The van der Waals surface area contributed by atoms with Crippen molar-refractivity contribution in [2.24, 2.45) is 32.7 Å². The molecule has 442 valence electrons. The number of unbranched alkanes of at least 4 members (excludes halogenated alkanes) is 30. The number of fused-ring (bicyclic) bond motifs is 5. The van der Waals surface area contributed by atoms with Crippen molar-refractivity contribution in [1.82, 2.24) is 16.0 Å². The molecule has 6 aliphatic rings. The van der Waals surface area contributed by atoms with Crippen LogP contribution in [0.15, 0.2) is 106 Å². The van der Waals surface area contributed by atoms with Crippen molar-refractivity contribution in [2.45, 2.75) is 273 Å². The molecule has 0 unspecified atom stereocenters. The monoisotopic (exact) mass is 1100 g/mol. The summed E-state index contributed by atoms with van der Waals surface area (Å²) in [6, 6.07) is 0. The van der Waals surface area contributed by atoms with E-state index in [0.29, 0.717) is 76.7 Å². The van der Waals surface area contributed by atoms with E-state index in [2.05, 4.69) is 50.6 Å². The maximum Gasteiger partial charge on any atom is 0.318 e. The van der Waals surface area contributed by atoms with Gasteiger partial charge in [-0.15, -0.1) is 0 Å². The van der Waals surface area contributed by atoms with Gasteiger partial charge in [-0.1, -0.05) is 220 Å². The van der Waals surface area contributed by atoms with Gasteiger partial charge in [0, 0.05) is 53.9 Å². The average molecular weight is 1100 g/mol. The third kappa shape index (κ3) is 18.2. The first-order valence-corrected chi connectivity index (χ1v) is 32.7. The number of hydrogen-bond donors (Lipinski definition) is 5. The molecule has 80 heavy (non-hydrogen) atoms. The highest BCUT2D eigenvalue weighted by Gasteiger charge is 2.48. The molecule has 0 saturated carbocycles. The van der Waals surface area contributed by atoms with Crippen LogP contribution in [-0.2, 0) is 14.4 Å². The van der Waals surface area contributed by atoms with Crippen LogP contribution in [0.5, 0.6) is 0 Å². The van der Waals surface area contributed by atoms with Crippen LogP contribution in [0.2, 0.25) is 0 Å². The van der Waals surface area contributed by atoms with Crippen molar-refractivity contribution in [3.05, 3.63) is 91.5 Å². The second kappa shape index (κ2) is 34.4. The van der Waals surface area contributed by atoms with E-state index in [1.807, 2.05) is 32.1 Å². The molecule has 8 bridgehead atoms. The summed E-state index contributed by atoms with van der Waals surface area (Å²) >= 11 is 0. The lowest BCUT2D eigenvalue weighted by molar-refractivity contribution is -0.139. The lowest BCUT2D eigenvalue weighted by Crippen LogP contribution is -2.27. The van der Waals surface area contributed by atoms with Crippen LogP contribution in [0.25, 0.3) is 0 Å². The second-order valence-corrected chi connectivity index (χ2v) is 24.2. The molecule has 3 atom stereocenters. The van der Waals surface area contributed by atoms with Crippen molar-refractivity contribution in [2.75, 3.05) is 13.1 Å². The van der Waals surface area contributed by atoms with Crippen LogP contribution in [0, 0.1) is 17.8 Å². The van der Waals surface area contributed by atoms with Gasteiger partial charge in [0.1, 0.15) is 11.7 Å². The van der Waals surface area contributed by atoms with E-state index in [9.17, 15) is 24.6 Å². The highest BCUT2D eigenvalue weighted by atomic mass is 16.4. The number of aliphatic hydroxyl groups is 1. The van der Waals surface area contributed by atoms with E-state index in [4.69, 9.17) is 15.0 Å². The molecule has 0 aromatic heterocycles. The number of aliphatic imine (C=N–C) groups is 3. The van der Waals surface area contributed by atoms with Crippen LogP contribution in [0.3, 0.4) is 0 Å². The highest BCUT2D eigenvalue weighted by molar-refractivity contribution is 6.24. The molecular weight excluding hydrogens is 993 g/mol. The van der Waals surface area contributed by atoms with Gasteiger partial charge in [0.25, 0.3) is 5.91 Å². The molecular formula is C69H106N6O5. The van der Waals surface area contributed by atoms with E-state index in [-0.39, 0.29) is 35.8 Å². The maximum absolute atomic E-state index is 14.4. The molecule has 1 saturated heterocycles. The fourth-order valence-electron chi connectivity index (χ4n) is 12.9. The summed E-state index contributed by atoms with van der Waals surface area (Å²) < 4.78 is 0. The summed E-state index contributed by atoms with van der Waals surface area (Å²) in [5.41, 5.74) is 10.0. The minimum Gasteiger partial charge on any atom is -0.510 e. The number of carboxylic acids is 1. The van der Waals surface area contributed by atoms with Crippen LogP contribution < -0.4 is 16.0 Å². The molecule has 2 amide bonds. The first-order chi connectivity index (χ1) is 38.9. The molecule has 5 N–H and O–H groups in total. The molecule has 6 rings (SSSR count). The van der Waals surface area contributed by atoms with Gasteiger partial charge in [0.05, 0.1) is 39.8 Å². The Morgan fingerprint density at radius 2 is 1.02 bits per heavy atom. The van der Waals surface area contributed by atoms with Crippen molar-refractivity contribution in [1.29, 1.82) is 0 Å². The van der Waals surface area contributed by atoms with Crippen molar-refractivity contribution >= 4 is 34.9 Å². The highest BCUT2D eigenvalue weighted by Crippen LogP contribution is 2.49. The van der Waals surface area contributed by atoms with Gasteiger partial charge in [-0.25, -0.2) is 15.0 Å². The van der Waals surface area contributed by atoms with Gasteiger partial charge in [-0.05, 0) is 87.0 Å². The molecule has 11 heteroatoms. The number of carbonyl (C=O) groups is 3. The third-order valence-electron chi connectivity index (χ3n) is 18.0. The Kier molecular flexibility index (Phi) is 27.6. The van der Waals surface area contributed by atoms with Crippen LogP contribution in [-0.4, -0.2) is 58.2 Å². The fourth-order valence-corrected chi connectivity index (χ4v) is 12.9. The quantitative estimate of drug-likeness (QED) is 0.0383. The zero-order valence-electron chi connectivity index (χ0n) is 51.1. The summed E-state index contributed by atoms with van der Waals surface area (Å²) in [5.74, 6) is -3.40. The number of amides is 2. The number of nitrogens with one attached hydrogen (secondary N) is 3. The molecule has 0 aromatic rings. The van der Waals surface area contributed by atoms with Gasteiger partial charge < -0.3 is 26.2 Å². The first kappa shape index (κ1) is 64.1. The zero-order valence-corrected chi connectivity index (χ0v) is 51.1. The van der Waals surface area contributed by atoms with E-state index < -0.39 is 11.9 Å². The summed E-state index contributed by atoms with van der Waals surface area (Å²) in [6.45, 7) is 15.8. The summed E-state index contributed by atoms with van der Waals surface area (Å²) in [5, 5.41) is 32.8. The lowest BCUT2D eigenvalue weighted by atomic mass is 9.84. The Morgan fingerprint density at radius 1 is 0.562 bits per heavy atom. The Labute approximate surface area is 483 Å². The van der Waals surface area contributed by atoms with E-state index >= 15 is 0 Å². The minimum absolute atomic E-state index is 0.0267. The number of hydrogen-bond acceptors (Lipinski definition) is 8. The van der Waals surface area contributed by atoms with Crippen molar-refractivity contribution < 1.29 is 24.6 Å². The summed E-state index contributed by atoms with van der Waals surface area (Å²) in [4.78, 5) is 56.6. The minimum atomic E-state index is -1.33. The molecule has 1 fully saturated rings. The molecule has 0 aromatic carbocycles. The van der Waals surface area contributed by atoms with E-state index in [0.717, 1.165) is 59.5 Å². The summed E-state index contributed by atoms with van der Waals surface area (Å²) in [7, 11) is 0. The zero-order chi connectivity index (χ0) is 57.2. The average Bonchev–Trinajstić information content (AvgIpc) is 4.28. The number of carboxylic acid groups (broad SMARTS) is 1. The smallest absolute Gasteiger partial charge is 0.318 e. The van der Waals surface area contributed by atoms with E-state index in [1.165, 1.54) is 180 Å². The predicted molar refractivity (Wildman–Crippen MR) is 333 cm³/mol. The molecule has 0 spiro atoms. The van der Waals surface area contributed by atoms with Crippen molar-refractivity contribution in [3.8, 4) is 0 Å². The molecule has 11 nitrogen and oxygen atoms in total. The Morgan fingerprint density at radius 3 is 1.51 bits per heavy atom. The topological polar surface area (TPSA) is 165 Å². The standard InChI is InChI=1S/C69H106N6O5/c1-8-11-13-15-17-19-21-23-25-27-29-31-33-35-37-39-43-70-60(76)42-41-53-49(5)55-45-56-50(6)61(68(78)71-44-40-38-36-34-32-30-28-26-24-22-20-18-16-14-12-9-2)59(73-56)47-54-48(4)52(10-3)58(72-54)46-57-51(7)62-66(75-57)63(65(53)74-55)64(67(62)77)69(79)80/h45-47,49,53,64,74,77H,8-44H2,1-7H3,(H,70,76)(H,71,78)(H,79,80)/t49-,53-,64+/m0/s1. The van der Waals surface area contributed by atoms with Gasteiger partial charge in [0.2, 0.25) is 5.91 Å². The van der Waals surface area contributed by atoms with Gasteiger partial charge in [-0.2, -0.15) is 0 Å². The number of carbonyl (C=O) groups excluding carboxylic acids is 2. The van der Waals surface area contributed by atoms with Gasteiger partial charge in [0.15, 0.2) is 0 Å². The first-order valence-electron chi connectivity index (χ1n) is 32.7. The van der Waals surface area contributed by atoms with Crippen molar-refractivity contribution in [3.63, 3.8) is 0 Å². The lowest BCUT2D eigenvalue weighted by Gasteiger charge is -2.20. The molecule has 0 radical (unpaired) electrons. The molecule has 5 heterocycles. The normalized spacial score (nSPS) is 19.5.